The molecule has 0 amide bonds. The first kappa shape index (κ1) is 13.2. The summed E-state index contributed by atoms with van der Waals surface area (Å²) < 4.78 is 4.91. The Kier molecular flexibility index (Phi) is 5.20. The minimum absolute atomic E-state index is 0.188. The zero-order chi connectivity index (χ0) is 12.7. The van der Waals surface area contributed by atoms with Gasteiger partial charge in [-0.25, -0.2) is 0 Å². The summed E-state index contributed by atoms with van der Waals surface area (Å²) in [6.45, 7) is 3.81. The lowest BCUT2D eigenvalue weighted by molar-refractivity contribution is -0.143. The Hall–Kier alpha value is -1.84. The van der Waals surface area contributed by atoms with E-state index in [1.165, 1.54) is 0 Å². The molecule has 4 nitrogen and oxygen atoms in total. The summed E-state index contributed by atoms with van der Waals surface area (Å²) in [5.41, 5.74) is 1.44. The van der Waals surface area contributed by atoms with Gasteiger partial charge in [0, 0.05) is 5.92 Å². The van der Waals surface area contributed by atoms with Crippen LogP contribution in [0.25, 0.3) is 0 Å². The molecule has 4 heteroatoms. The Balaban J connectivity index is 2.86. The van der Waals surface area contributed by atoms with Crippen LogP contribution in [0.15, 0.2) is 35.5 Å². The van der Waals surface area contributed by atoms with Gasteiger partial charge in [-0.15, -0.1) is 0 Å². The lowest BCUT2D eigenvalue weighted by Gasteiger charge is -2.15. The van der Waals surface area contributed by atoms with Crippen molar-refractivity contribution in [3.63, 3.8) is 0 Å². The number of hydrogen-bond acceptors (Lipinski definition) is 4. The van der Waals surface area contributed by atoms with Crippen molar-refractivity contribution in [1.29, 1.82) is 0 Å². The highest BCUT2D eigenvalue weighted by molar-refractivity contribution is 5.91. The summed E-state index contributed by atoms with van der Waals surface area (Å²) in [7, 11) is 0. The van der Waals surface area contributed by atoms with Crippen LogP contribution in [0.2, 0.25) is 0 Å². The fourth-order valence-electron chi connectivity index (χ4n) is 1.65. The van der Waals surface area contributed by atoms with Crippen molar-refractivity contribution < 1.29 is 14.7 Å². The SMILES string of the molecule is CCOC(=O)C[C@@H](/C(C)=N/O)c1ccccc1. The fraction of sp³-hybridized carbons (Fsp3) is 0.385. The predicted octanol–water partition coefficient (Wildman–Crippen LogP) is 2.57. The van der Waals surface area contributed by atoms with Crippen molar-refractivity contribution in [3.8, 4) is 0 Å². The molecule has 0 spiro atoms. The maximum absolute atomic E-state index is 11.5. The van der Waals surface area contributed by atoms with Gasteiger partial charge in [0.25, 0.3) is 0 Å². The largest absolute Gasteiger partial charge is 0.466 e. The first-order valence-corrected chi connectivity index (χ1v) is 5.58. The van der Waals surface area contributed by atoms with E-state index >= 15 is 0 Å². The molecule has 17 heavy (non-hydrogen) atoms. The highest BCUT2D eigenvalue weighted by Crippen LogP contribution is 2.21. The van der Waals surface area contributed by atoms with Crippen LogP contribution < -0.4 is 0 Å². The average molecular weight is 235 g/mol. The Morgan fingerprint density at radius 3 is 2.59 bits per heavy atom. The molecule has 0 heterocycles. The molecule has 92 valence electrons. The van der Waals surface area contributed by atoms with Crippen molar-refractivity contribution in [3.05, 3.63) is 35.9 Å². The summed E-state index contributed by atoms with van der Waals surface area (Å²) in [4.78, 5) is 11.5. The molecule has 1 N–H and O–H groups in total. The van der Waals surface area contributed by atoms with Gasteiger partial charge in [-0.2, -0.15) is 0 Å². The lowest BCUT2D eigenvalue weighted by Crippen LogP contribution is -2.16. The maximum atomic E-state index is 11.5. The normalized spacial score (nSPS) is 13.2. The summed E-state index contributed by atoms with van der Waals surface area (Å²) in [6.07, 6.45) is 0.188. The van der Waals surface area contributed by atoms with Gasteiger partial charge in [0.15, 0.2) is 0 Å². The van der Waals surface area contributed by atoms with Crippen LogP contribution in [-0.2, 0) is 9.53 Å². The van der Waals surface area contributed by atoms with Crippen molar-refractivity contribution in [2.24, 2.45) is 5.16 Å². The first-order chi connectivity index (χ1) is 8.19. The van der Waals surface area contributed by atoms with Crippen molar-refractivity contribution in [2.45, 2.75) is 26.2 Å². The first-order valence-electron chi connectivity index (χ1n) is 5.58. The number of nitrogens with zero attached hydrogens (tertiary/aromatic N) is 1. The standard InChI is InChI=1S/C13H17NO3/c1-3-17-13(15)9-12(10(2)14-16)11-7-5-4-6-8-11/h4-8,12,16H,3,9H2,1-2H3/b14-10+/t12-/m0/s1. The second-order valence-corrected chi connectivity index (χ2v) is 3.71. The number of hydrogen-bond donors (Lipinski definition) is 1. The smallest absolute Gasteiger partial charge is 0.306 e. The molecule has 1 aromatic rings. The van der Waals surface area contributed by atoms with Gasteiger partial charge in [0.1, 0.15) is 0 Å². The third-order valence-corrected chi connectivity index (χ3v) is 2.54. The van der Waals surface area contributed by atoms with Crippen LogP contribution in [0.1, 0.15) is 31.7 Å². The average Bonchev–Trinajstić information content (AvgIpc) is 2.36. The molecule has 0 aliphatic carbocycles. The van der Waals surface area contributed by atoms with Crippen LogP contribution in [-0.4, -0.2) is 23.5 Å². The molecule has 0 unspecified atom stereocenters. The number of benzene rings is 1. The van der Waals surface area contributed by atoms with E-state index in [0.717, 1.165) is 5.56 Å². The zero-order valence-corrected chi connectivity index (χ0v) is 10.1. The van der Waals surface area contributed by atoms with Gasteiger partial charge in [-0.3, -0.25) is 4.79 Å². The number of oxime groups is 1. The highest BCUT2D eigenvalue weighted by Gasteiger charge is 2.20. The molecular formula is C13H17NO3. The van der Waals surface area contributed by atoms with Gasteiger partial charge in [-0.1, -0.05) is 35.5 Å². The van der Waals surface area contributed by atoms with Crippen LogP contribution >= 0.6 is 0 Å². The molecule has 0 fully saturated rings. The fourth-order valence-corrected chi connectivity index (χ4v) is 1.65. The minimum Gasteiger partial charge on any atom is -0.466 e. The molecule has 1 atom stereocenters. The molecule has 0 aliphatic rings. The second kappa shape index (κ2) is 6.68. The molecule has 1 rings (SSSR count). The Bertz CT molecular complexity index is 387. The molecule has 0 radical (unpaired) electrons. The Labute approximate surface area is 101 Å². The van der Waals surface area contributed by atoms with E-state index in [1.54, 1.807) is 13.8 Å². The van der Waals surface area contributed by atoms with E-state index < -0.39 is 0 Å². The zero-order valence-electron chi connectivity index (χ0n) is 10.1. The van der Waals surface area contributed by atoms with E-state index in [9.17, 15) is 4.79 Å². The van der Waals surface area contributed by atoms with E-state index in [4.69, 9.17) is 9.94 Å². The number of rotatable bonds is 5. The van der Waals surface area contributed by atoms with Gasteiger partial charge in [-0.05, 0) is 19.4 Å². The molecule has 0 aromatic heterocycles. The van der Waals surface area contributed by atoms with Gasteiger partial charge in [0.05, 0.1) is 18.7 Å². The van der Waals surface area contributed by atoms with Crippen LogP contribution in [0.5, 0.6) is 0 Å². The van der Waals surface area contributed by atoms with Crippen molar-refractivity contribution in [2.75, 3.05) is 6.61 Å². The Morgan fingerprint density at radius 2 is 2.06 bits per heavy atom. The van der Waals surface area contributed by atoms with Crippen molar-refractivity contribution in [1.82, 2.24) is 0 Å². The van der Waals surface area contributed by atoms with Gasteiger partial charge < -0.3 is 9.94 Å². The van der Waals surface area contributed by atoms with E-state index in [2.05, 4.69) is 5.16 Å². The van der Waals surface area contributed by atoms with E-state index in [0.29, 0.717) is 12.3 Å². The van der Waals surface area contributed by atoms with E-state index in [-0.39, 0.29) is 18.3 Å². The number of carbonyl (C=O) groups is 1. The quantitative estimate of drug-likeness (QED) is 0.369. The summed E-state index contributed by atoms with van der Waals surface area (Å²) >= 11 is 0. The molecule has 0 aliphatic heterocycles. The van der Waals surface area contributed by atoms with Crippen molar-refractivity contribution >= 4 is 11.7 Å². The van der Waals surface area contributed by atoms with E-state index in [1.807, 2.05) is 30.3 Å². The molecule has 0 bridgehead atoms. The topological polar surface area (TPSA) is 58.9 Å². The lowest BCUT2D eigenvalue weighted by atomic mass is 9.92. The van der Waals surface area contributed by atoms with Gasteiger partial charge in [0.2, 0.25) is 0 Å². The third kappa shape index (κ3) is 3.90. The second-order valence-electron chi connectivity index (χ2n) is 3.71. The number of esters is 1. The Morgan fingerprint density at radius 1 is 1.41 bits per heavy atom. The summed E-state index contributed by atoms with van der Waals surface area (Å²) in [5.74, 6) is -0.524. The summed E-state index contributed by atoms with van der Waals surface area (Å²) in [5, 5.41) is 12.0. The molecule has 1 aromatic carbocycles. The number of ether oxygens (including phenoxy) is 1. The molecule has 0 saturated carbocycles. The summed E-state index contributed by atoms with van der Waals surface area (Å²) in [6, 6.07) is 9.48. The van der Waals surface area contributed by atoms with Gasteiger partial charge >= 0.3 is 5.97 Å². The van der Waals surface area contributed by atoms with Crippen LogP contribution in [0, 0.1) is 0 Å². The third-order valence-electron chi connectivity index (χ3n) is 2.54. The maximum Gasteiger partial charge on any atom is 0.306 e. The van der Waals surface area contributed by atoms with Crippen LogP contribution in [0.4, 0.5) is 0 Å². The molecule has 0 saturated heterocycles. The van der Waals surface area contributed by atoms with Crippen LogP contribution in [0.3, 0.4) is 0 Å². The molecular weight excluding hydrogens is 218 g/mol. The highest BCUT2D eigenvalue weighted by atomic mass is 16.5. The predicted molar refractivity (Wildman–Crippen MR) is 65.3 cm³/mol. The number of carbonyl (C=O) groups excluding carboxylic acids is 1. The minimum atomic E-state index is -0.288. The monoisotopic (exact) mass is 235 g/mol.